The topological polar surface area (TPSA) is 41.1 Å². The Kier molecular flexibility index (Phi) is 4.14. The Bertz CT molecular complexity index is 247. The highest BCUT2D eigenvalue weighted by atomic mass is 32.2. The predicted octanol–water partition coefficient (Wildman–Crippen LogP) is 1.39. The summed E-state index contributed by atoms with van der Waals surface area (Å²) < 4.78 is 0.358. The average molecular weight is 242 g/mol. The van der Waals surface area contributed by atoms with E-state index in [1.807, 2.05) is 11.8 Å². The Labute approximate surface area is 102 Å². The summed E-state index contributed by atoms with van der Waals surface area (Å²) in [5, 5.41) is 6.25. The standard InChI is InChI=1S/C12H22N2OS/c1-12(5-2-6-16-12)9-13-8-11(15)14-7-10-3-4-10/h10,13H,2-9H2,1H3,(H,14,15). The lowest BCUT2D eigenvalue weighted by molar-refractivity contribution is -0.120. The molecule has 3 nitrogen and oxygen atoms in total. The maximum atomic E-state index is 11.5. The van der Waals surface area contributed by atoms with Crippen molar-refractivity contribution in [1.29, 1.82) is 0 Å². The molecule has 2 N–H and O–H groups in total. The van der Waals surface area contributed by atoms with E-state index in [0.717, 1.165) is 19.0 Å². The molecule has 1 heterocycles. The van der Waals surface area contributed by atoms with Crippen molar-refractivity contribution in [2.24, 2.45) is 5.92 Å². The highest BCUT2D eigenvalue weighted by molar-refractivity contribution is 8.00. The van der Waals surface area contributed by atoms with Crippen LogP contribution >= 0.6 is 11.8 Å². The van der Waals surface area contributed by atoms with Crippen LogP contribution in [0.25, 0.3) is 0 Å². The molecule has 0 aromatic carbocycles. The number of amides is 1. The maximum absolute atomic E-state index is 11.5. The molecule has 2 aliphatic rings. The maximum Gasteiger partial charge on any atom is 0.233 e. The summed E-state index contributed by atoms with van der Waals surface area (Å²) in [5.41, 5.74) is 0. The van der Waals surface area contributed by atoms with Crippen molar-refractivity contribution in [3.63, 3.8) is 0 Å². The van der Waals surface area contributed by atoms with E-state index in [1.54, 1.807) is 0 Å². The first-order chi connectivity index (χ1) is 7.68. The summed E-state index contributed by atoms with van der Waals surface area (Å²) >= 11 is 2.03. The summed E-state index contributed by atoms with van der Waals surface area (Å²) in [7, 11) is 0. The van der Waals surface area contributed by atoms with Gasteiger partial charge in [-0.1, -0.05) is 0 Å². The van der Waals surface area contributed by atoms with E-state index in [2.05, 4.69) is 17.6 Å². The Hall–Kier alpha value is -0.220. The molecular formula is C12H22N2OS. The first-order valence-corrected chi connectivity index (χ1v) is 7.28. The van der Waals surface area contributed by atoms with Crippen molar-refractivity contribution >= 4 is 17.7 Å². The van der Waals surface area contributed by atoms with Crippen molar-refractivity contribution < 1.29 is 4.79 Å². The largest absolute Gasteiger partial charge is 0.355 e. The lowest BCUT2D eigenvalue weighted by atomic mass is 10.1. The zero-order valence-electron chi connectivity index (χ0n) is 10.1. The molecule has 1 saturated carbocycles. The molecule has 0 aromatic rings. The number of carbonyl (C=O) groups excluding carboxylic acids is 1. The summed E-state index contributed by atoms with van der Waals surface area (Å²) in [5.74, 6) is 2.19. The van der Waals surface area contributed by atoms with E-state index in [9.17, 15) is 4.79 Å². The van der Waals surface area contributed by atoms with Gasteiger partial charge in [0, 0.05) is 17.8 Å². The SMILES string of the molecule is CC1(CNCC(=O)NCC2CC2)CCCS1. The van der Waals surface area contributed by atoms with E-state index in [1.165, 1.54) is 31.4 Å². The molecule has 1 saturated heterocycles. The molecule has 0 bridgehead atoms. The minimum absolute atomic E-state index is 0.151. The van der Waals surface area contributed by atoms with E-state index < -0.39 is 0 Å². The second-order valence-electron chi connectivity index (χ2n) is 5.25. The van der Waals surface area contributed by atoms with Crippen LogP contribution in [0.1, 0.15) is 32.6 Å². The van der Waals surface area contributed by atoms with Gasteiger partial charge in [-0.05, 0) is 44.3 Å². The smallest absolute Gasteiger partial charge is 0.233 e. The zero-order chi connectivity index (χ0) is 11.4. The van der Waals surface area contributed by atoms with E-state index in [-0.39, 0.29) is 5.91 Å². The summed E-state index contributed by atoms with van der Waals surface area (Å²) in [4.78, 5) is 11.5. The van der Waals surface area contributed by atoms with Crippen LogP contribution in [0.15, 0.2) is 0 Å². The van der Waals surface area contributed by atoms with Crippen molar-refractivity contribution in [2.75, 3.05) is 25.4 Å². The molecule has 1 atom stereocenters. The Morgan fingerprint density at radius 1 is 1.50 bits per heavy atom. The zero-order valence-corrected chi connectivity index (χ0v) is 10.9. The van der Waals surface area contributed by atoms with Gasteiger partial charge in [-0.15, -0.1) is 0 Å². The van der Waals surface area contributed by atoms with Crippen molar-refractivity contribution in [3.05, 3.63) is 0 Å². The van der Waals surface area contributed by atoms with Gasteiger partial charge >= 0.3 is 0 Å². The third-order valence-corrected chi connectivity index (χ3v) is 4.91. The molecule has 1 amide bonds. The van der Waals surface area contributed by atoms with Crippen LogP contribution in [-0.2, 0) is 4.79 Å². The second-order valence-corrected chi connectivity index (χ2v) is 6.94. The van der Waals surface area contributed by atoms with Gasteiger partial charge in [0.15, 0.2) is 0 Å². The van der Waals surface area contributed by atoms with E-state index in [4.69, 9.17) is 0 Å². The average Bonchev–Trinajstić information content (AvgIpc) is 2.99. The van der Waals surface area contributed by atoms with Crippen LogP contribution in [0.2, 0.25) is 0 Å². The third-order valence-electron chi connectivity index (χ3n) is 3.37. The predicted molar refractivity (Wildman–Crippen MR) is 68.7 cm³/mol. The number of thioether (sulfide) groups is 1. The van der Waals surface area contributed by atoms with Crippen LogP contribution in [0.3, 0.4) is 0 Å². The monoisotopic (exact) mass is 242 g/mol. The lowest BCUT2D eigenvalue weighted by Crippen LogP contribution is -2.40. The minimum atomic E-state index is 0.151. The molecule has 0 spiro atoms. The van der Waals surface area contributed by atoms with Crippen molar-refractivity contribution in [1.82, 2.24) is 10.6 Å². The Morgan fingerprint density at radius 3 is 2.94 bits per heavy atom. The number of carbonyl (C=O) groups is 1. The van der Waals surface area contributed by atoms with Crippen LogP contribution in [-0.4, -0.2) is 36.0 Å². The highest BCUT2D eigenvalue weighted by Gasteiger charge is 2.29. The first-order valence-electron chi connectivity index (χ1n) is 6.29. The fourth-order valence-corrected chi connectivity index (χ4v) is 3.33. The second kappa shape index (κ2) is 5.41. The fraction of sp³-hybridized carbons (Fsp3) is 0.917. The third kappa shape index (κ3) is 3.98. The number of rotatable bonds is 6. The van der Waals surface area contributed by atoms with Gasteiger partial charge in [-0.25, -0.2) is 0 Å². The fourth-order valence-electron chi connectivity index (χ4n) is 2.06. The number of hydrogen-bond acceptors (Lipinski definition) is 3. The Balaban J connectivity index is 1.54. The molecule has 2 rings (SSSR count). The molecule has 2 fully saturated rings. The van der Waals surface area contributed by atoms with Gasteiger partial charge in [0.25, 0.3) is 0 Å². The molecule has 92 valence electrons. The van der Waals surface area contributed by atoms with Crippen molar-refractivity contribution in [2.45, 2.75) is 37.4 Å². The number of hydrogen-bond donors (Lipinski definition) is 2. The van der Waals surface area contributed by atoms with Gasteiger partial charge in [0.1, 0.15) is 0 Å². The normalized spacial score (nSPS) is 29.3. The molecule has 1 aliphatic heterocycles. The van der Waals surface area contributed by atoms with E-state index >= 15 is 0 Å². The number of nitrogens with one attached hydrogen (secondary N) is 2. The molecule has 1 aliphatic carbocycles. The van der Waals surface area contributed by atoms with Gasteiger partial charge in [-0.3, -0.25) is 4.79 Å². The van der Waals surface area contributed by atoms with Crippen LogP contribution in [0.4, 0.5) is 0 Å². The lowest BCUT2D eigenvalue weighted by Gasteiger charge is -2.22. The van der Waals surface area contributed by atoms with Crippen LogP contribution in [0.5, 0.6) is 0 Å². The van der Waals surface area contributed by atoms with Gasteiger partial charge in [0.2, 0.25) is 5.91 Å². The van der Waals surface area contributed by atoms with Gasteiger partial charge in [0.05, 0.1) is 6.54 Å². The van der Waals surface area contributed by atoms with Gasteiger partial charge < -0.3 is 10.6 Å². The highest BCUT2D eigenvalue weighted by Crippen LogP contribution is 2.36. The summed E-state index contributed by atoms with van der Waals surface area (Å²) in [6, 6.07) is 0. The Morgan fingerprint density at radius 2 is 2.31 bits per heavy atom. The molecule has 1 unspecified atom stereocenters. The summed E-state index contributed by atoms with van der Waals surface area (Å²) in [6.07, 6.45) is 5.18. The minimum Gasteiger partial charge on any atom is -0.355 e. The molecule has 16 heavy (non-hydrogen) atoms. The molecule has 0 radical (unpaired) electrons. The molecule has 0 aromatic heterocycles. The van der Waals surface area contributed by atoms with Crippen LogP contribution < -0.4 is 10.6 Å². The summed E-state index contributed by atoms with van der Waals surface area (Å²) in [6.45, 7) is 4.60. The van der Waals surface area contributed by atoms with Crippen molar-refractivity contribution in [3.8, 4) is 0 Å². The van der Waals surface area contributed by atoms with Crippen LogP contribution in [0, 0.1) is 5.92 Å². The molecule has 4 heteroatoms. The van der Waals surface area contributed by atoms with E-state index in [0.29, 0.717) is 11.3 Å². The van der Waals surface area contributed by atoms with Gasteiger partial charge in [-0.2, -0.15) is 11.8 Å². The molecular weight excluding hydrogens is 220 g/mol. The quantitative estimate of drug-likeness (QED) is 0.739. The first kappa shape index (κ1) is 12.2.